The van der Waals surface area contributed by atoms with Crippen LogP contribution in [0.1, 0.15) is 26.0 Å². The topological polar surface area (TPSA) is 77.3 Å². The van der Waals surface area contributed by atoms with Gasteiger partial charge in [0.2, 0.25) is 12.1 Å². The zero-order chi connectivity index (χ0) is 9.68. The van der Waals surface area contributed by atoms with Crippen molar-refractivity contribution in [1.82, 2.24) is 10.1 Å². The van der Waals surface area contributed by atoms with E-state index in [4.69, 9.17) is 9.47 Å². The summed E-state index contributed by atoms with van der Waals surface area (Å²) in [6.45, 7) is 4.59. The van der Waals surface area contributed by atoms with Crippen LogP contribution in [0.4, 0.5) is 0 Å². The molecule has 13 heavy (non-hydrogen) atoms. The van der Waals surface area contributed by atoms with Crippen LogP contribution in [0.25, 0.3) is 0 Å². The van der Waals surface area contributed by atoms with Crippen molar-refractivity contribution in [3.63, 3.8) is 0 Å². The first kappa shape index (κ1) is 9.94. The third kappa shape index (κ3) is 2.67. The molecule has 0 aromatic carbocycles. The highest BCUT2D eigenvalue weighted by atomic mass is 16.7. The second-order valence-electron chi connectivity index (χ2n) is 2.22. The minimum Gasteiger partial charge on any atom is -0.346 e. The highest BCUT2D eigenvalue weighted by molar-refractivity contribution is 4.80. The van der Waals surface area contributed by atoms with Crippen molar-refractivity contribution < 1.29 is 14.0 Å². The van der Waals surface area contributed by atoms with Crippen LogP contribution in [-0.2, 0) is 9.47 Å². The number of H-pyrrole nitrogens is 1. The van der Waals surface area contributed by atoms with Gasteiger partial charge in [0.15, 0.2) is 0 Å². The summed E-state index contributed by atoms with van der Waals surface area (Å²) >= 11 is 0. The largest absolute Gasteiger partial charge is 0.439 e. The van der Waals surface area contributed by atoms with Crippen LogP contribution >= 0.6 is 0 Å². The first-order valence-corrected chi connectivity index (χ1v) is 4.07. The Morgan fingerprint density at radius 3 is 2.46 bits per heavy atom. The highest BCUT2D eigenvalue weighted by Crippen LogP contribution is 2.12. The van der Waals surface area contributed by atoms with E-state index in [1.54, 1.807) is 0 Å². The molecule has 1 aromatic rings. The van der Waals surface area contributed by atoms with E-state index < -0.39 is 12.0 Å². The summed E-state index contributed by atoms with van der Waals surface area (Å²) in [6.07, 6.45) is -0.651. The maximum atomic E-state index is 10.6. The number of hydrogen-bond donors (Lipinski definition) is 1. The van der Waals surface area contributed by atoms with Gasteiger partial charge in [-0.25, -0.2) is 4.79 Å². The van der Waals surface area contributed by atoms with Gasteiger partial charge < -0.3 is 9.47 Å². The van der Waals surface area contributed by atoms with Crippen molar-refractivity contribution in [3.05, 3.63) is 16.4 Å². The van der Waals surface area contributed by atoms with Gasteiger partial charge in [-0.15, -0.1) is 0 Å². The number of hydrogen-bond acceptors (Lipinski definition) is 5. The van der Waals surface area contributed by atoms with Crippen LogP contribution in [-0.4, -0.2) is 23.4 Å². The monoisotopic (exact) mass is 188 g/mol. The van der Waals surface area contributed by atoms with E-state index in [1.807, 2.05) is 13.8 Å². The van der Waals surface area contributed by atoms with Gasteiger partial charge in [-0.2, -0.15) is 0 Å². The van der Waals surface area contributed by atoms with Gasteiger partial charge in [0.1, 0.15) is 0 Å². The predicted octanol–water partition coefficient (Wildman–Crippen LogP) is 0.434. The Labute approximate surface area is 74.8 Å². The molecule has 0 radical (unpaired) electrons. The van der Waals surface area contributed by atoms with E-state index in [0.29, 0.717) is 13.2 Å². The van der Waals surface area contributed by atoms with Gasteiger partial charge in [-0.3, -0.25) is 9.51 Å². The van der Waals surface area contributed by atoms with Gasteiger partial charge in [0.25, 0.3) is 0 Å². The first-order valence-electron chi connectivity index (χ1n) is 4.07. The maximum Gasteiger partial charge on any atom is 0.439 e. The Kier molecular flexibility index (Phi) is 3.66. The minimum atomic E-state index is -0.651. The van der Waals surface area contributed by atoms with Gasteiger partial charge in [-0.1, -0.05) is 5.16 Å². The Hall–Kier alpha value is -1.14. The fourth-order valence-corrected chi connectivity index (χ4v) is 0.852. The molecule has 0 bridgehead atoms. The van der Waals surface area contributed by atoms with Crippen molar-refractivity contribution in [2.24, 2.45) is 0 Å². The molecular formula is C7H12N2O4. The van der Waals surface area contributed by atoms with E-state index in [0.717, 1.165) is 0 Å². The molecule has 0 saturated carbocycles. The molecule has 74 valence electrons. The molecule has 0 saturated heterocycles. The summed E-state index contributed by atoms with van der Waals surface area (Å²) in [7, 11) is 0. The highest BCUT2D eigenvalue weighted by Gasteiger charge is 2.16. The molecule has 0 aliphatic rings. The lowest BCUT2D eigenvalue weighted by Crippen LogP contribution is -2.11. The molecule has 0 fully saturated rings. The van der Waals surface area contributed by atoms with Gasteiger partial charge in [-0.05, 0) is 13.8 Å². The quantitative estimate of drug-likeness (QED) is 0.678. The lowest BCUT2D eigenvalue weighted by Gasteiger charge is -2.12. The zero-order valence-corrected chi connectivity index (χ0v) is 7.57. The van der Waals surface area contributed by atoms with E-state index >= 15 is 0 Å². The van der Waals surface area contributed by atoms with Crippen LogP contribution in [0.15, 0.2) is 9.32 Å². The van der Waals surface area contributed by atoms with Gasteiger partial charge >= 0.3 is 5.76 Å². The van der Waals surface area contributed by atoms with Crippen LogP contribution in [0.3, 0.4) is 0 Å². The number of ether oxygens (including phenoxy) is 2. The lowest BCUT2D eigenvalue weighted by molar-refractivity contribution is -0.145. The smallest absolute Gasteiger partial charge is 0.346 e. The molecule has 0 aliphatic carbocycles. The Balaban J connectivity index is 2.69. The molecule has 6 heteroatoms. The number of aromatic nitrogens is 2. The van der Waals surface area contributed by atoms with Crippen molar-refractivity contribution in [1.29, 1.82) is 0 Å². The van der Waals surface area contributed by atoms with Gasteiger partial charge in [0.05, 0.1) is 0 Å². The molecule has 0 spiro atoms. The molecule has 1 rings (SSSR count). The molecule has 0 amide bonds. The fourth-order valence-electron chi connectivity index (χ4n) is 0.852. The summed E-state index contributed by atoms with van der Waals surface area (Å²) in [5.74, 6) is -0.354. The number of nitrogens with one attached hydrogen (secondary N) is 1. The van der Waals surface area contributed by atoms with E-state index in [2.05, 4.69) is 14.7 Å². The van der Waals surface area contributed by atoms with Crippen molar-refractivity contribution in [2.75, 3.05) is 13.2 Å². The van der Waals surface area contributed by atoms with Crippen molar-refractivity contribution in [2.45, 2.75) is 20.1 Å². The molecule has 1 heterocycles. The third-order valence-electron chi connectivity index (χ3n) is 1.32. The number of rotatable bonds is 5. The normalized spacial score (nSPS) is 11.0. The maximum absolute atomic E-state index is 10.6. The second kappa shape index (κ2) is 4.78. The van der Waals surface area contributed by atoms with E-state index in [-0.39, 0.29) is 5.82 Å². The lowest BCUT2D eigenvalue weighted by atomic mass is 10.6. The van der Waals surface area contributed by atoms with Crippen LogP contribution in [0.2, 0.25) is 0 Å². The molecule has 1 N–H and O–H groups in total. The summed E-state index contributed by atoms with van der Waals surface area (Å²) in [6, 6.07) is 0. The molecule has 0 aliphatic heterocycles. The Morgan fingerprint density at radius 2 is 2.08 bits per heavy atom. The Bertz CT molecular complexity index is 287. The average molecular weight is 188 g/mol. The van der Waals surface area contributed by atoms with E-state index in [1.165, 1.54) is 0 Å². The van der Waals surface area contributed by atoms with Crippen LogP contribution in [0, 0.1) is 0 Å². The molecule has 1 aromatic heterocycles. The summed E-state index contributed by atoms with van der Waals surface area (Å²) < 4.78 is 14.7. The van der Waals surface area contributed by atoms with Gasteiger partial charge in [0, 0.05) is 13.2 Å². The standard InChI is InChI=1S/C7H12N2O4/c1-3-11-6(12-4-2)5-8-7(10)13-9-5/h6H,3-4H2,1-2H3,(H,8,9,10). The predicted molar refractivity (Wildman–Crippen MR) is 43.1 cm³/mol. The summed E-state index contributed by atoms with van der Waals surface area (Å²) in [5, 5.41) is 3.46. The first-order chi connectivity index (χ1) is 6.27. The zero-order valence-electron chi connectivity index (χ0n) is 7.57. The molecule has 6 nitrogen and oxygen atoms in total. The number of nitrogens with zero attached hydrogens (tertiary/aromatic N) is 1. The molecular weight excluding hydrogens is 176 g/mol. The summed E-state index contributed by atoms with van der Waals surface area (Å²) in [4.78, 5) is 13.0. The average Bonchev–Trinajstić information content (AvgIpc) is 2.51. The third-order valence-corrected chi connectivity index (χ3v) is 1.32. The van der Waals surface area contributed by atoms with Crippen LogP contribution in [0.5, 0.6) is 0 Å². The van der Waals surface area contributed by atoms with Crippen molar-refractivity contribution in [3.8, 4) is 0 Å². The second-order valence-corrected chi connectivity index (χ2v) is 2.22. The Morgan fingerprint density at radius 1 is 1.46 bits per heavy atom. The van der Waals surface area contributed by atoms with Crippen LogP contribution < -0.4 is 5.76 Å². The SMILES string of the molecule is CCOC(OCC)c1noc(=O)[nH]1. The van der Waals surface area contributed by atoms with E-state index in [9.17, 15) is 4.79 Å². The molecule has 0 unspecified atom stereocenters. The molecule has 0 atom stereocenters. The number of aromatic amines is 1. The van der Waals surface area contributed by atoms with Crippen molar-refractivity contribution >= 4 is 0 Å². The summed E-state index contributed by atoms with van der Waals surface area (Å²) in [5.41, 5.74) is 0. The fraction of sp³-hybridized carbons (Fsp3) is 0.714. The minimum absolute atomic E-state index is 0.258.